The first-order valence-corrected chi connectivity index (χ1v) is 5.33. The van der Waals surface area contributed by atoms with E-state index in [1.807, 2.05) is 0 Å². The van der Waals surface area contributed by atoms with Gasteiger partial charge in [0, 0.05) is 20.0 Å². The zero-order chi connectivity index (χ0) is 12.4. The molecule has 0 aliphatic carbocycles. The maximum Gasteiger partial charge on any atom is 0.335 e. The molecule has 1 heterocycles. The second-order valence-corrected chi connectivity index (χ2v) is 3.98. The quantitative estimate of drug-likeness (QED) is 0.848. The number of carboxylic acids is 1. The van der Waals surface area contributed by atoms with E-state index in [0.717, 1.165) is 0 Å². The van der Waals surface area contributed by atoms with Crippen LogP contribution in [-0.4, -0.2) is 41.6 Å². The highest BCUT2D eigenvalue weighted by Gasteiger charge is 2.30. The molecule has 2 rings (SSSR count). The zero-order valence-electron chi connectivity index (χ0n) is 9.42. The van der Waals surface area contributed by atoms with Crippen LogP contribution in [0.5, 0.6) is 5.75 Å². The lowest BCUT2D eigenvalue weighted by Gasteiger charge is -2.12. The molecule has 1 unspecified atom stereocenters. The Labute approximate surface area is 98.6 Å². The molecule has 5 nitrogen and oxygen atoms in total. The number of hydrogen-bond acceptors (Lipinski definition) is 3. The number of likely N-dealkylation sites (tertiary alicyclic amines) is 1. The van der Waals surface area contributed by atoms with Gasteiger partial charge in [-0.2, -0.15) is 0 Å². The first kappa shape index (κ1) is 11.4. The van der Waals surface area contributed by atoms with Gasteiger partial charge in [-0.25, -0.2) is 4.79 Å². The summed E-state index contributed by atoms with van der Waals surface area (Å²) in [6.45, 7) is 0.691. The SMILES string of the molecule is CN1CCC(Oc2ccc(C(=O)O)cc2)C1=O. The summed E-state index contributed by atoms with van der Waals surface area (Å²) in [6.07, 6.45) is 0.214. The molecule has 0 radical (unpaired) electrons. The molecule has 5 heteroatoms. The number of carbonyl (C=O) groups is 2. The smallest absolute Gasteiger partial charge is 0.335 e. The van der Waals surface area contributed by atoms with Crippen molar-refractivity contribution in [1.82, 2.24) is 4.90 Å². The van der Waals surface area contributed by atoms with Crippen molar-refractivity contribution in [2.24, 2.45) is 0 Å². The summed E-state index contributed by atoms with van der Waals surface area (Å²) >= 11 is 0. The van der Waals surface area contributed by atoms with E-state index in [1.165, 1.54) is 12.1 Å². The number of carboxylic acid groups (broad SMARTS) is 1. The Balaban J connectivity index is 2.04. The minimum Gasteiger partial charge on any atom is -0.481 e. The third-order valence-electron chi connectivity index (χ3n) is 2.76. The van der Waals surface area contributed by atoms with Crippen LogP contribution in [0.4, 0.5) is 0 Å². The molecule has 1 aromatic rings. The first-order valence-electron chi connectivity index (χ1n) is 5.33. The van der Waals surface area contributed by atoms with E-state index in [2.05, 4.69) is 0 Å². The summed E-state index contributed by atoms with van der Waals surface area (Å²) < 4.78 is 5.51. The Bertz CT molecular complexity index is 440. The van der Waals surface area contributed by atoms with Crippen molar-refractivity contribution in [3.05, 3.63) is 29.8 Å². The van der Waals surface area contributed by atoms with E-state index < -0.39 is 12.1 Å². The number of rotatable bonds is 3. The van der Waals surface area contributed by atoms with Gasteiger partial charge in [0.2, 0.25) is 0 Å². The molecule has 0 spiro atoms. The van der Waals surface area contributed by atoms with Crippen LogP contribution in [0.15, 0.2) is 24.3 Å². The molecule has 1 amide bonds. The molecule has 90 valence electrons. The Hall–Kier alpha value is -2.04. The van der Waals surface area contributed by atoms with Crippen LogP contribution in [0.25, 0.3) is 0 Å². The van der Waals surface area contributed by atoms with E-state index >= 15 is 0 Å². The van der Waals surface area contributed by atoms with E-state index in [0.29, 0.717) is 18.7 Å². The molecule has 0 saturated carbocycles. The van der Waals surface area contributed by atoms with Crippen molar-refractivity contribution in [2.45, 2.75) is 12.5 Å². The summed E-state index contributed by atoms with van der Waals surface area (Å²) in [5, 5.41) is 8.74. The standard InChI is InChI=1S/C12H13NO4/c1-13-7-6-10(11(13)14)17-9-4-2-8(3-5-9)12(15)16/h2-5,10H,6-7H2,1H3,(H,15,16). The molecule has 17 heavy (non-hydrogen) atoms. The number of aromatic carboxylic acids is 1. The zero-order valence-corrected chi connectivity index (χ0v) is 9.42. The number of nitrogens with zero attached hydrogens (tertiary/aromatic N) is 1. The van der Waals surface area contributed by atoms with Gasteiger partial charge >= 0.3 is 5.97 Å². The van der Waals surface area contributed by atoms with Crippen LogP contribution in [0.1, 0.15) is 16.8 Å². The van der Waals surface area contributed by atoms with Gasteiger partial charge in [0.15, 0.2) is 6.10 Å². The highest BCUT2D eigenvalue weighted by Crippen LogP contribution is 2.19. The maximum absolute atomic E-state index is 11.6. The predicted octanol–water partition coefficient (Wildman–Crippen LogP) is 0.994. The normalized spacial score (nSPS) is 19.5. The van der Waals surface area contributed by atoms with Crippen LogP contribution < -0.4 is 4.74 Å². The average molecular weight is 235 g/mol. The van der Waals surface area contributed by atoms with Crippen molar-refractivity contribution in [3.63, 3.8) is 0 Å². The van der Waals surface area contributed by atoms with Gasteiger partial charge in [-0.1, -0.05) is 0 Å². The van der Waals surface area contributed by atoms with E-state index in [1.54, 1.807) is 24.1 Å². The van der Waals surface area contributed by atoms with Gasteiger partial charge in [0.1, 0.15) is 5.75 Å². The molecular weight excluding hydrogens is 222 g/mol. The van der Waals surface area contributed by atoms with Gasteiger partial charge in [-0.15, -0.1) is 0 Å². The summed E-state index contributed by atoms with van der Waals surface area (Å²) in [7, 11) is 1.74. The first-order chi connectivity index (χ1) is 8.08. The predicted molar refractivity (Wildman–Crippen MR) is 60.1 cm³/mol. The lowest BCUT2D eigenvalue weighted by Crippen LogP contribution is -2.29. The van der Waals surface area contributed by atoms with Crippen molar-refractivity contribution in [3.8, 4) is 5.75 Å². The largest absolute Gasteiger partial charge is 0.481 e. The third-order valence-corrected chi connectivity index (χ3v) is 2.76. The monoisotopic (exact) mass is 235 g/mol. The van der Waals surface area contributed by atoms with Crippen LogP contribution in [-0.2, 0) is 4.79 Å². The minimum atomic E-state index is -0.978. The fourth-order valence-electron chi connectivity index (χ4n) is 1.74. The van der Waals surface area contributed by atoms with Crippen molar-refractivity contribution in [1.29, 1.82) is 0 Å². The molecule has 0 aromatic heterocycles. The van der Waals surface area contributed by atoms with Gasteiger partial charge in [-0.05, 0) is 24.3 Å². The third kappa shape index (κ3) is 2.38. The average Bonchev–Trinajstić information content (AvgIpc) is 2.62. The minimum absolute atomic E-state index is 0.0349. The second-order valence-electron chi connectivity index (χ2n) is 3.98. The maximum atomic E-state index is 11.6. The second kappa shape index (κ2) is 4.45. The summed E-state index contributed by atoms with van der Waals surface area (Å²) in [5.74, 6) is -0.496. The highest BCUT2D eigenvalue weighted by molar-refractivity contribution is 5.87. The van der Waals surface area contributed by atoms with E-state index in [9.17, 15) is 9.59 Å². The van der Waals surface area contributed by atoms with Gasteiger partial charge in [-0.3, -0.25) is 4.79 Å². The Morgan fingerprint density at radius 2 is 2.06 bits per heavy atom. The number of hydrogen-bond donors (Lipinski definition) is 1. The summed E-state index contributed by atoms with van der Waals surface area (Å²) in [4.78, 5) is 23.9. The molecule has 1 saturated heterocycles. The van der Waals surface area contributed by atoms with Crippen LogP contribution in [0, 0.1) is 0 Å². The Kier molecular flexibility index (Phi) is 2.99. The van der Waals surface area contributed by atoms with Crippen molar-refractivity contribution in [2.75, 3.05) is 13.6 Å². The van der Waals surface area contributed by atoms with E-state index in [-0.39, 0.29) is 11.5 Å². The summed E-state index contributed by atoms with van der Waals surface area (Å²) in [5.41, 5.74) is 0.201. The van der Waals surface area contributed by atoms with Gasteiger partial charge < -0.3 is 14.7 Å². The molecule has 1 N–H and O–H groups in total. The van der Waals surface area contributed by atoms with Gasteiger partial charge in [0.05, 0.1) is 5.56 Å². The Morgan fingerprint density at radius 3 is 2.53 bits per heavy atom. The molecule has 1 aliphatic rings. The number of likely N-dealkylation sites (N-methyl/N-ethyl adjacent to an activating group) is 1. The topological polar surface area (TPSA) is 66.8 Å². The molecule has 1 aliphatic heterocycles. The molecule has 1 atom stereocenters. The molecule has 1 fully saturated rings. The molecule has 0 bridgehead atoms. The van der Waals surface area contributed by atoms with Crippen LogP contribution in [0.3, 0.4) is 0 Å². The fourth-order valence-corrected chi connectivity index (χ4v) is 1.74. The highest BCUT2D eigenvalue weighted by atomic mass is 16.5. The number of amides is 1. The lowest BCUT2D eigenvalue weighted by molar-refractivity contribution is -0.132. The van der Waals surface area contributed by atoms with Crippen LogP contribution >= 0.6 is 0 Å². The number of ether oxygens (including phenoxy) is 1. The lowest BCUT2D eigenvalue weighted by atomic mass is 10.2. The van der Waals surface area contributed by atoms with E-state index in [4.69, 9.17) is 9.84 Å². The molecule has 1 aromatic carbocycles. The van der Waals surface area contributed by atoms with Crippen molar-refractivity contribution >= 4 is 11.9 Å². The van der Waals surface area contributed by atoms with Crippen molar-refractivity contribution < 1.29 is 19.4 Å². The molecular formula is C12H13NO4. The summed E-state index contributed by atoms with van der Waals surface area (Å²) in [6, 6.07) is 6.05. The fraction of sp³-hybridized carbons (Fsp3) is 0.333. The van der Waals surface area contributed by atoms with Crippen LogP contribution in [0.2, 0.25) is 0 Å². The van der Waals surface area contributed by atoms with Gasteiger partial charge in [0.25, 0.3) is 5.91 Å². The Morgan fingerprint density at radius 1 is 1.41 bits per heavy atom. The number of benzene rings is 1. The number of carbonyl (C=O) groups excluding carboxylic acids is 1.